The van der Waals surface area contributed by atoms with Crippen LogP contribution in [0.3, 0.4) is 0 Å². The lowest BCUT2D eigenvalue weighted by Gasteiger charge is -2.30. The lowest BCUT2D eigenvalue weighted by atomic mass is 9.70. The van der Waals surface area contributed by atoms with Crippen LogP contribution in [0.4, 0.5) is 0 Å². The van der Waals surface area contributed by atoms with E-state index in [9.17, 15) is 0 Å². The van der Waals surface area contributed by atoms with Gasteiger partial charge in [-0.15, -0.1) is 0 Å². The molecule has 0 atom stereocenters. The Morgan fingerprint density at radius 2 is 0.820 bits per heavy atom. The summed E-state index contributed by atoms with van der Waals surface area (Å²) in [5, 5.41) is 6.09. The minimum atomic E-state index is -0.354. The highest BCUT2D eigenvalue weighted by atomic mass is 14.8. The fourth-order valence-corrected chi connectivity index (χ4v) is 10.6. The molecule has 1 spiro atoms. The number of benzene rings is 9. The topological polar surface area (TPSA) is 25.8 Å². The van der Waals surface area contributed by atoms with Gasteiger partial charge in [-0.05, 0) is 148 Å². The van der Waals surface area contributed by atoms with Crippen molar-refractivity contribution in [1.82, 2.24) is 9.97 Å². The van der Waals surface area contributed by atoms with Crippen LogP contribution in [0.1, 0.15) is 22.3 Å². The minimum Gasteiger partial charge on any atom is -0.255 e. The molecule has 2 aliphatic carbocycles. The van der Waals surface area contributed by atoms with Crippen LogP contribution in [-0.4, -0.2) is 9.97 Å². The molecule has 0 fully saturated rings. The molecule has 0 unspecified atom stereocenters. The zero-order valence-corrected chi connectivity index (χ0v) is 33.2. The molecule has 2 heterocycles. The van der Waals surface area contributed by atoms with Crippen molar-refractivity contribution in [3.63, 3.8) is 0 Å². The average Bonchev–Trinajstić information content (AvgIpc) is 3.81. The number of rotatable bonds is 4. The third-order valence-corrected chi connectivity index (χ3v) is 13.3. The second kappa shape index (κ2) is 13.0. The maximum atomic E-state index is 5.08. The van der Waals surface area contributed by atoms with Crippen LogP contribution in [0.2, 0.25) is 0 Å². The largest absolute Gasteiger partial charge is 0.255 e. The lowest BCUT2D eigenvalue weighted by molar-refractivity contribution is 0.794. The Labute approximate surface area is 354 Å². The summed E-state index contributed by atoms with van der Waals surface area (Å²) in [6.45, 7) is 0. The van der Waals surface area contributed by atoms with E-state index < -0.39 is 0 Å². The van der Waals surface area contributed by atoms with Gasteiger partial charge in [-0.3, -0.25) is 4.98 Å². The molecule has 0 saturated carbocycles. The summed E-state index contributed by atoms with van der Waals surface area (Å²) in [6.07, 6.45) is 1.82. The van der Waals surface area contributed by atoms with E-state index in [1.54, 1.807) is 0 Å². The Balaban J connectivity index is 0.901. The van der Waals surface area contributed by atoms with Crippen LogP contribution < -0.4 is 0 Å². The van der Waals surface area contributed by atoms with Crippen molar-refractivity contribution < 1.29 is 0 Å². The van der Waals surface area contributed by atoms with Gasteiger partial charge in [0.1, 0.15) is 0 Å². The van der Waals surface area contributed by atoms with Crippen LogP contribution in [-0.2, 0) is 5.41 Å². The fourth-order valence-electron chi connectivity index (χ4n) is 10.6. The van der Waals surface area contributed by atoms with Crippen molar-refractivity contribution in [3.05, 3.63) is 241 Å². The summed E-state index contributed by atoms with van der Waals surface area (Å²) in [6, 6.07) is 78.1. The Hall–Kier alpha value is -7.94. The summed E-state index contributed by atoms with van der Waals surface area (Å²) in [4.78, 5) is 9.69. The number of nitrogens with zero attached hydrogens (tertiary/aromatic N) is 2. The third-order valence-electron chi connectivity index (χ3n) is 13.3. The highest BCUT2D eigenvalue weighted by molar-refractivity contribution is 6.10. The zero-order valence-electron chi connectivity index (χ0n) is 33.2. The Bertz CT molecular complexity index is 3520. The Morgan fingerprint density at radius 3 is 1.44 bits per heavy atom. The van der Waals surface area contributed by atoms with E-state index in [2.05, 4.69) is 199 Å². The smallest absolute Gasteiger partial charge is 0.0900 e. The molecule has 0 radical (unpaired) electrons. The number of hydrogen-bond acceptors (Lipinski definition) is 2. The molecule has 9 aromatic carbocycles. The first-order chi connectivity index (χ1) is 30.2. The molecule has 0 amide bonds. The van der Waals surface area contributed by atoms with E-state index in [0.29, 0.717) is 0 Å². The molecule has 11 aromatic rings. The van der Waals surface area contributed by atoms with E-state index >= 15 is 0 Å². The van der Waals surface area contributed by atoms with E-state index in [1.165, 1.54) is 88.3 Å². The first-order valence-corrected chi connectivity index (χ1v) is 21.1. The summed E-state index contributed by atoms with van der Waals surface area (Å²) in [5.74, 6) is 0. The summed E-state index contributed by atoms with van der Waals surface area (Å²) in [5.41, 5.74) is 20.2. The predicted octanol–water partition coefficient (Wildman–Crippen LogP) is 14.9. The van der Waals surface area contributed by atoms with Crippen molar-refractivity contribution in [2.75, 3.05) is 0 Å². The molecule has 2 aliphatic rings. The summed E-state index contributed by atoms with van der Waals surface area (Å²) < 4.78 is 0. The van der Waals surface area contributed by atoms with Crippen LogP contribution in [0.15, 0.2) is 219 Å². The molecular formula is C59H36N2. The SMILES string of the molecule is c1ccc(-c2cc(-c3ccccn3)nc3ccc(-c4ccc5c(ccc6cc(-c7ccc8c(c7)C7(c9ccccc9-c9ccccc97)c7ccccc7-8)ccc65)c4)cc23)cc1. The monoisotopic (exact) mass is 772 g/mol. The molecule has 0 saturated heterocycles. The molecule has 2 heteroatoms. The van der Waals surface area contributed by atoms with Crippen LogP contribution in [0.25, 0.3) is 99.5 Å². The van der Waals surface area contributed by atoms with Crippen molar-refractivity contribution in [1.29, 1.82) is 0 Å². The first-order valence-electron chi connectivity index (χ1n) is 21.1. The van der Waals surface area contributed by atoms with E-state index in [4.69, 9.17) is 4.98 Å². The molecule has 0 N–H and O–H groups in total. The maximum absolute atomic E-state index is 5.08. The maximum Gasteiger partial charge on any atom is 0.0900 e. The van der Waals surface area contributed by atoms with Gasteiger partial charge in [0.05, 0.1) is 22.3 Å². The van der Waals surface area contributed by atoms with Crippen molar-refractivity contribution >= 4 is 32.4 Å². The van der Waals surface area contributed by atoms with Crippen LogP contribution in [0, 0.1) is 0 Å². The van der Waals surface area contributed by atoms with E-state index in [-0.39, 0.29) is 5.41 Å². The summed E-state index contributed by atoms with van der Waals surface area (Å²) in [7, 11) is 0. The molecule has 0 bridgehead atoms. The molecule has 282 valence electrons. The first kappa shape index (κ1) is 34.0. The van der Waals surface area contributed by atoms with Gasteiger partial charge in [0.2, 0.25) is 0 Å². The number of pyridine rings is 2. The van der Waals surface area contributed by atoms with Crippen LogP contribution >= 0.6 is 0 Å². The van der Waals surface area contributed by atoms with Gasteiger partial charge >= 0.3 is 0 Å². The minimum absolute atomic E-state index is 0.354. The van der Waals surface area contributed by atoms with Crippen molar-refractivity contribution in [2.45, 2.75) is 5.41 Å². The van der Waals surface area contributed by atoms with Gasteiger partial charge in [0, 0.05) is 11.6 Å². The molecule has 0 aliphatic heterocycles. The third kappa shape index (κ3) is 4.97. The Kier molecular flexibility index (Phi) is 7.26. The normalized spacial score (nSPS) is 13.0. The zero-order chi connectivity index (χ0) is 40.1. The lowest BCUT2D eigenvalue weighted by Crippen LogP contribution is -2.25. The molecule has 61 heavy (non-hydrogen) atoms. The number of fused-ring (bicyclic) bond motifs is 14. The number of aromatic nitrogens is 2. The predicted molar refractivity (Wildman–Crippen MR) is 253 cm³/mol. The van der Waals surface area contributed by atoms with Gasteiger partial charge in [0.15, 0.2) is 0 Å². The van der Waals surface area contributed by atoms with Gasteiger partial charge < -0.3 is 0 Å². The standard InChI is InChI=1S/C59H36N2/c1-2-12-37(13-3-1)50-36-58(57-20-10-11-31-60-57)61-56-30-26-40(34-51(50)56)38-23-27-44-42(32-38)21-22-43-33-39(24-28-45(43)44)41-25-29-49-48-16-6-9-19-54(48)59(55(49)35-41)52-17-7-4-14-46(52)47-15-5-8-18-53(47)59/h1-36H. The molecular weight excluding hydrogens is 737 g/mol. The van der Waals surface area contributed by atoms with Crippen molar-refractivity contribution in [3.8, 4) is 67.0 Å². The molecule has 2 aromatic heterocycles. The highest BCUT2D eigenvalue weighted by Gasteiger charge is 2.51. The Morgan fingerprint density at radius 1 is 0.295 bits per heavy atom. The fraction of sp³-hybridized carbons (Fsp3) is 0.0169. The van der Waals surface area contributed by atoms with Gasteiger partial charge in [-0.2, -0.15) is 0 Å². The average molecular weight is 773 g/mol. The summed E-state index contributed by atoms with van der Waals surface area (Å²) >= 11 is 0. The number of hydrogen-bond donors (Lipinski definition) is 0. The van der Waals surface area contributed by atoms with Crippen LogP contribution in [0.5, 0.6) is 0 Å². The second-order valence-electron chi connectivity index (χ2n) is 16.5. The quantitative estimate of drug-likeness (QED) is 0.167. The highest BCUT2D eigenvalue weighted by Crippen LogP contribution is 2.63. The van der Waals surface area contributed by atoms with Gasteiger partial charge in [0.25, 0.3) is 0 Å². The van der Waals surface area contributed by atoms with Gasteiger partial charge in [-0.1, -0.05) is 164 Å². The van der Waals surface area contributed by atoms with Crippen molar-refractivity contribution in [2.24, 2.45) is 0 Å². The second-order valence-corrected chi connectivity index (χ2v) is 16.5. The van der Waals surface area contributed by atoms with E-state index in [1.807, 2.05) is 24.4 Å². The van der Waals surface area contributed by atoms with E-state index in [0.717, 1.165) is 33.4 Å². The molecule has 13 rings (SSSR count). The van der Waals surface area contributed by atoms with Gasteiger partial charge in [-0.25, -0.2) is 4.98 Å². The molecule has 2 nitrogen and oxygen atoms in total.